The lowest BCUT2D eigenvalue weighted by molar-refractivity contribution is -0.117. The van der Waals surface area contributed by atoms with E-state index in [4.69, 9.17) is 0 Å². The lowest BCUT2D eigenvalue weighted by Crippen LogP contribution is -2.47. The molecule has 0 spiro atoms. The van der Waals surface area contributed by atoms with Crippen molar-refractivity contribution in [1.29, 1.82) is 0 Å². The second-order valence-electron chi connectivity index (χ2n) is 7.14. The minimum atomic E-state index is -0.250. The van der Waals surface area contributed by atoms with Crippen LogP contribution in [0.4, 0.5) is 5.69 Å². The molecule has 2 aromatic carbocycles. The number of amides is 1. The van der Waals surface area contributed by atoms with Gasteiger partial charge in [-0.25, -0.2) is 4.98 Å². The number of H-pyrrole nitrogens is 1. The van der Waals surface area contributed by atoms with Crippen LogP contribution in [-0.4, -0.2) is 65.4 Å². The summed E-state index contributed by atoms with van der Waals surface area (Å²) >= 11 is 0. The molecule has 144 valence electrons. The predicted molar refractivity (Wildman–Crippen MR) is 110 cm³/mol. The Morgan fingerprint density at radius 2 is 1.89 bits per heavy atom. The van der Waals surface area contributed by atoms with Gasteiger partial charge in [0, 0.05) is 37.4 Å². The van der Waals surface area contributed by atoms with Gasteiger partial charge in [0.05, 0.1) is 17.6 Å². The van der Waals surface area contributed by atoms with Crippen LogP contribution in [0.5, 0.6) is 0 Å². The van der Waals surface area contributed by atoms with Crippen LogP contribution in [0.2, 0.25) is 0 Å². The van der Waals surface area contributed by atoms with Crippen molar-refractivity contribution in [3.63, 3.8) is 0 Å². The maximum atomic E-state index is 12.4. The van der Waals surface area contributed by atoms with Crippen molar-refractivity contribution in [2.45, 2.75) is 0 Å². The van der Waals surface area contributed by atoms with Crippen molar-refractivity contribution >= 4 is 22.6 Å². The van der Waals surface area contributed by atoms with Gasteiger partial charge in [-0.2, -0.15) is 0 Å². The van der Waals surface area contributed by atoms with Gasteiger partial charge in [-0.1, -0.05) is 24.3 Å². The molecule has 1 fully saturated rings. The number of rotatable bonds is 4. The Hall–Kier alpha value is -3.03. The van der Waals surface area contributed by atoms with Gasteiger partial charge in [-0.15, -0.1) is 0 Å². The number of anilines is 1. The van der Waals surface area contributed by atoms with Gasteiger partial charge in [-0.05, 0) is 31.3 Å². The van der Waals surface area contributed by atoms with E-state index in [0.717, 1.165) is 31.7 Å². The molecule has 1 aromatic heterocycles. The van der Waals surface area contributed by atoms with Gasteiger partial charge in [0.25, 0.3) is 5.56 Å². The van der Waals surface area contributed by atoms with Crippen molar-refractivity contribution in [3.8, 4) is 11.3 Å². The highest BCUT2D eigenvalue weighted by Gasteiger charge is 2.17. The molecule has 2 heterocycles. The number of para-hydroxylation sites is 2. The number of nitrogens with one attached hydrogen (secondary N) is 2. The summed E-state index contributed by atoms with van der Waals surface area (Å²) in [5.74, 6) is -0.0536. The number of hydrogen-bond donors (Lipinski definition) is 2. The molecule has 1 aliphatic rings. The van der Waals surface area contributed by atoms with E-state index in [9.17, 15) is 9.59 Å². The zero-order chi connectivity index (χ0) is 19.5. The van der Waals surface area contributed by atoms with Gasteiger partial charge in [-0.3, -0.25) is 14.5 Å². The Bertz CT molecular complexity index is 1050. The van der Waals surface area contributed by atoms with Crippen molar-refractivity contribution in [2.75, 3.05) is 45.1 Å². The highest BCUT2D eigenvalue weighted by atomic mass is 16.2. The van der Waals surface area contributed by atoms with Gasteiger partial charge in [0.1, 0.15) is 5.69 Å². The van der Waals surface area contributed by atoms with Crippen LogP contribution >= 0.6 is 0 Å². The minimum absolute atomic E-state index is 0.0536. The number of aromatic amines is 1. The molecule has 0 bridgehead atoms. The average Bonchev–Trinajstić information content (AvgIpc) is 2.69. The number of likely N-dealkylation sites (N-methyl/N-ethyl adjacent to an activating group) is 1. The van der Waals surface area contributed by atoms with Gasteiger partial charge < -0.3 is 15.2 Å². The van der Waals surface area contributed by atoms with E-state index in [2.05, 4.69) is 32.1 Å². The van der Waals surface area contributed by atoms with Crippen molar-refractivity contribution in [3.05, 3.63) is 58.9 Å². The summed E-state index contributed by atoms with van der Waals surface area (Å²) in [5, 5.41) is 2.93. The summed E-state index contributed by atoms with van der Waals surface area (Å²) in [7, 11) is 2.09. The highest BCUT2D eigenvalue weighted by Crippen LogP contribution is 2.20. The topological polar surface area (TPSA) is 81.3 Å². The lowest BCUT2D eigenvalue weighted by atomic mass is 10.1. The fraction of sp³-hybridized carbons (Fsp3) is 0.286. The van der Waals surface area contributed by atoms with Crippen LogP contribution < -0.4 is 10.9 Å². The molecule has 1 aliphatic heterocycles. The SMILES string of the molecule is CN1CCN(CC(=O)Nc2cccc(-c3nc4ccccc4[nH]c3=O)c2)CC1. The Morgan fingerprint density at radius 3 is 2.71 bits per heavy atom. The van der Waals surface area contributed by atoms with E-state index in [1.807, 2.05) is 42.5 Å². The monoisotopic (exact) mass is 377 g/mol. The third-order valence-electron chi connectivity index (χ3n) is 4.98. The lowest BCUT2D eigenvalue weighted by Gasteiger charge is -2.31. The Labute approximate surface area is 163 Å². The third kappa shape index (κ3) is 4.11. The van der Waals surface area contributed by atoms with Gasteiger partial charge in [0.15, 0.2) is 0 Å². The van der Waals surface area contributed by atoms with Gasteiger partial charge >= 0.3 is 0 Å². The molecular formula is C21H23N5O2. The maximum Gasteiger partial charge on any atom is 0.274 e. The Morgan fingerprint density at radius 1 is 1.11 bits per heavy atom. The van der Waals surface area contributed by atoms with Crippen LogP contribution in [-0.2, 0) is 4.79 Å². The third-order valence-corrected chi connectivity index (χ3v) is 4.98. The smallest absolute Gasteiger partial charge is 0.274 e. The molecule has 0 atom stereocenters. The summed E-state index contributed by atoms with van der Waals surface area (Å²) in [6.07, 6.45) is 0. The fourth-order valence-electron chi connectivity index (χ4n) is 3.38. The largest absolute Gasteiger partial charge is 0.325 e. The predicted octanol–water partition coefficient (Wildman–Crippen LogP) is 1.78. The van der Waals surface area contributed by atoms with Gasteiger partial charge in [0.2, 0.25) is 5.91 Å². The second kappa shape index (κ2) is 7.92. The summed E-state index contributed by atoms with van der Waals surface area (Å²) in [6, 6.07) is 14.7. The second-order valence-corrected chi connectivity index (χ2v) is 7.14. The summed E-state index contributed by atoms with van der Waals surface area (Å²) in [4.78, 5) is 36.6. The number of carbonyl (C=O) groups excluding carboxylic acids is 1. The molecule has 7 nitrogen and oxygen atoms in total. The number of fused-ring (bicyclic) bond motifs is 1. The molecule has 2 N–H and O–H groups in total. The van der Waals surface area contributed by atoms with Crippen LogP contribution in [0.25, 0.3) is 22.3 Å². The van der Waals surface area contributed by atoms with Crippen molar-refractivity contribution < 1.29 is 4.79 Å². The maximum absolute atomic E-state index is 12.4. The summed E-state index contributed by atoms with van der Waals surface area (Å²) < 4.78 is 0. The highest BCUT2D eigenvalue weighted by molar-refractivity contribution is 5.93. The fourth-order valence-corrected chi connectivity index (χ4v) is 3.38. The first kappa shape index (κ1) is 18.3. The zero-order valence-corrected chi connectivity index (χ0v) is 15.8. The van der Waals surface area contributed by atoms with Crippen molar-refractivity contribution in [1.82, 2.24) is 19.8 Å². The molecule has 1 amide bonds. The Kier molecular flexibility index (Phi) is 5.18. The van der Waals surface area contributed by atoms with Crippen molar-refractivity contribution in [2.24, 2.45) is 0 Å². The number of aromatic nitrogens is 2. The number of nitrogens with zero attached hydrogens (tertiary/aromatic N) is 3. The Balaban J connectivity index is 1.51. The first-order valence-electron chi connectivity index (χ1n) is 9.39. The number of carbonyl (C=O) groups is 1. The molecule has 4 rings (SSSR count). The van der Waals surface area contributed by atoms with Crippen LogP contribution in [0, 0.1) is 0 Å². The number of hydrogen-bond acceptors (Lipinski definition) is 5. The number of benzene rings is 2. The van der Waals surface area contributed by atoms with E-state index in [-0.39, 0.29) is 11.5 Å². The molecule has 28 heavy (non-hydrogen) atoms. The van der Waals surface area contributed by atoms with Crippen LogP contribution in [0.1, 0.15) is 0 Å². The number of piperazine rings is 1. The van der Waals surface area contributed by atoms with E-state index in [1.165, 1.54) is 0 Å². The molecule has 0 unspecified atom stereocenters. The normalized spacial score (nSPS) is 15.6. The molecule has 1 saturated heterocycles. The quantitative estimate of drug-likeness (QED) is 0.724. The molecule has 0 aliphatic carbocycles. The summed E-state index contributed by atoms with van der Waals surface area (Å²) in [5.41, 5.74) is 2.85. The molecular weight excluding hydrogens is 354 g/mol. The standard InChI is InChI=1S/C21H23N5O2/c1-25-9-11-26(12-10-25)14-19(27)22-16-6-4-5-15(13-16)20-21(28)24-18-8-3-2-7-17(18)23-20/h2-8,13H,9-12,14H2,1H3,(H,22,27)(H,24,28). The van der Waals surface area contributed by atoms with E-state index >= 15 is 0 Å². The van der Waals surface area contributed by atoms with Crippen LogP contribution in [0.3, 0.4) is 0 Å². The molecule has 0 radical (unpaired) electrons. The van der Waals surface area contributed by atoms with Crippen LogP contribution in [0.15, 0.2) is 53.3 Å². The van der Waals surface area contributed by atoms with E-state index in [0.29, 0.717) is 29.0 Å². The molecule has 7 heteroatoms. The zero-order valence-electron chi connectivity index (χ0n) is 15.8. The molecule has 0 saturated carbocycles. The first-order chi connectivity index (χ1) is 13.6. The molecule has 3 aromatic rings. The average molecular weight is 377 g/mol. The van der Waals surface area contributed by atoms with E-state index < -0.39 is 0 Å². The van der Waals surface area contributed by atoms with E-state index in [1.54, 1.807) is 6.07 Å². The first-order valence-corrected chi connectivity index (χ1v) is 9.39. The summed E-state index contributed by atoms with van der Waals surface area (Å²) in [6.45, 7) is 4.09. The minimum Gasteiger partial charge on any atom is -0.325 e.